The van der Waals surface area contributed by atoms with Crippen molar-refractivity contribution in [3.8, 4) is 16.8 Å². The molecule has 2 heteroatoms. The van der Waals surface area contributed by atoms with Crippen LogP contribution in [0, 0.1) is 0 Å². The van der Waals surface area contributed by atoms with Crippen LogP contribution in [0.3, 0.4) is 0 Å². The fraction of sp³-hybridized carbons (Fsp3) is 0.111. The molecule has 0 aliphatic heterocycles. The molecule has 7 aromatic carbocycles. The molecule has 9 rings (SSSR count). The number of nitrogens with zero attached hydrogens (tertiary/aromatic N) is 2. The third-order valence-corrected chi connectivity index (χ3v) is 10.2. The lowest BCUT2D eigenvalue weighted by atomic mass is 9.97. The van der Waals surface area contributed by atoms with Gasteiger partial charge in [-0.15, -0.1) is 0 Å². The average Bonchev–Trinajstić information content (AvgIpc) is 3.80. The molecule has 1 heterocycles. The molecule has 0 amide bonds. The number of hydrogen-bond acceptors (Lipinski definition) is 1. The van der Waals surface area contributed by atoms with Crippen LogP contribution in [0.4, 0.5) is 17.1 Å². The first-order chi connectivity index (χ1) is 23.3. The van der Waals surface area contributed by atoms with Crippen LogP contribution in [-0.4, -0.2) is 4.57 Å². The van der Waals surface area contributed by atoms with E-state index in [-0.39, 0.29) is 0 Å². The summed E-state index contributed by atoms with van der Waals surface area (Å²) < 4.78 is 2.38. The molecule has 0 unspecified atom stereocenters. The van der Waals surface area contributed by atoms with Gasteiger partial charge in [-0.25, -0.2) is 0 Å². The summed E-state index contributed by atoms with van der Waals surface area (Å²) in [6, 6.07) is 60.1. The van der Waals surface area contributed by atoms with E-state index in [0.29, 0.717) is 5.92 Å². The summed E-state index contributed by atoms with van der Waals surface area (Å²) in [5, 5.41) is 5.11. The van der Waals surface area contributed by atoms with Gasteiger partial charge in [-0.3, -0.25) is 0 Å². The fourth-order valence-electron chi connectivity index (χ4n) is 7.82. The van der Waals surface area contributed by atoms with Crippen molar-refractivity contribution in [2.45, 2.75) is 31.6 Å². The van der Waals surface area contributed by atoms with Crippen molar-refractivity contribution in [2.75, 3.05) is 4.90 Å². The summed E-state index contributed by atoms with van der Waals surface area (Å²) in [6.07, 6.45) is 5.31. The molecule has 0 saturated heterocycles. The molecular formula is C45H36N2. The normalized spacial score (nSPS) is 13.5. The molecule has 0 N–H and O–H groups in total. The lowest BCUT2D eigenvalue weighted by Gasteiger charge is -2.26. The van der Waals surface area contributed by atoms with Gasteiger partial charge in [-0.1, -0.05) is 116 Å². The van der Waals surface area contributed by atoms with Gasteiger partial charge in [-0.2, -0.15) is 0 Å². The van der Waals surface area contributed by atoms with Gasteiger partial charge in [-0.05, 0) is 107 Å². The maximum atomic E-state index is 2.39. The Morgan fingerprint density at radius 3 is 1.60 bits per heavy atom. The van der Waals surface area contributed by atoms with Crippen LogP contribution < -0.4 is 4.90 Å². The Balaban J connectivity index is 1.13. The first kappa shape index (κ1) is 27.7. The molecule has 0 radical (unpaired) electrons. The zero-order valence-corrected chi connectivity index (χ0v) is 26.4. The molecule has 2 nitrogen and oxygen atoms in total. The maximum Gasteiger partial charge on any atom is 0.0541 e. The zero-order valence-electron chi connectivity index (χ0n) is 26.4. The Morgan fingerprint density at radius 1 is 0.447 bits per heavy atom. The Bertz CT molecular complexity index is 2280. The first-order valence-corrected chi connectivity index (χ1v) is 16.9. The second kappa shape index (κ2) is 11.6. The largest absolute Gasteiger partial charge is 0.311 e. The van der Waals surface area contributed by atoms with Crippen LogP contribution in [0.15, 0.2) is 164 Å². The maximum absolute atomic E-state index is 2.39. The molecule has 1 aromatic heterocycles. The van der Waals surface area contributed by atoms with Crippen LogP contribution in [0.25, 0.3) is 49.4 Å². The van der Waals surface area contributed by atoms with Crippen molar-refractivity contribution in [3.63, 3.8) is 0 Å². The summed E-state index contributed by atoms with van der Waals surface area (Å²) >= 11 is 0. The lowest BCUT2D eigenvalue weighted by Crippen LogP contribution is -2.10. The van der Waals surface area contributed by atoms with Gasteiger partial charge in [0.1, 0.15) is 0 Å². The molecule has 0 bridgehead atoms. The number of fused-ring (bicyclic) bond motifs is 4. The number of para-hydroxylation sites is 2. The summed E-state index contributed by atoms with van der Waals surface area (Å²) in [6.45, 7) is 0. The Kier molecular flexibility index (Phi) is 6.86. The summed E-state index contributed by atoms with van der Waals surface area (Å²) in [5.74, 6) is 0.697. The second-order valence-electron chi connectivity index (χ2n) is 12.9. The van der Waals surface area contributed by atoms with Crippen LogP contribution in [0.2, 0.25) is 0 Å². The van der Waals surface area contributed by atoms with Crippen LogP contribution in [0.1, 0.15) is 37.2 Å². The van der Waals surface area contributed by atoms with E-state index >= 15 is 0 Å². The molecule has 1 saturated carbocycles. The molecule has 8 aromatic rings. The Labute approximate surface area is 276 Å². The number of benzene rings is 7. The monoisotopic (exact) mass is 604 g/mol. The molecule has 1 aliphatic carbocycles. The average molecular weight is 605 g/mol. The second-order valence-corrected chi connectivity index (χ2v) is 12.9. The fourth-order valence-corrected chi connectivity index (χ4v) is 7.82. The number of hydrogen-bond donors (Lipinski definition) is 0. The number of rotatable bonds is 6. The van der Waals surface area contributed by atoms with Crippen LogP contribution >= 0.6 is 0 Å². The van der Waals surface area contributed by atoms with Crippen molar-refractivity contribution in [1.82, 2.24) is 4.57 Å². The van der Waals surface area contributed by atoms with Crippen LogP contribution in [-0.2, 0) is 0 Å². The van der Waals surface area contributed by atoms with Gasteiger partial charge in [0.2, 0.25) is 0 Å². The third-order valence-electron chi connectivity index (χ3n) is 10.2. The highest BCUT2D eigenvalue weighted by Gasteiger charge is 2.19. The van der Waals surface area contributed by atoms with E-state index in [1.165, 1.54) is 80.6 Å². The van der Waals surface area contributed by atoms with E-state index in [2.05, 4.69) is 173 Å². The number of anilines is 3. The molecule has 1 fully saturated rings. The van der Waals surface area contributed by atoms with Crippen molar-refractivity contribution in [3.05, 3.63) is 169 Å². The Morgan fingerprint density at radius 2 is 0.957 bits per heavy atom. The van der Waals surface area contributed by atoms with E-state index < -0.39 is 0 Å². The van der Waals surface area contributed by atoms with Gasteiger partial charge in [0.05, 0.1) is 11.0 Å². The highest BCUT2D eigenvalue weighted by atomic mass is 15.1. The minimum Gasteiger partial charge on any atom is -0.311 e. The summed E-state index contributed by atoms with van der Waals surface area (Å²) in [7, 11) is 0. The van der Waals surface area contributed by atoms with Gasteiger partial charge in [0.15, 0.2) is 0 Å². The topological polar surface area (TPSA) is 8.17 Å². The summed E-state index contributed by atoms with van der Waals surface area (Å²) in [5.41, 5.74) is 11.0. The van der Waals surface area contributed by atoms with Gasteiger partial charge >= 0.3 is 0 Å². The van der Waals surface area contributed by atoms with E-state index in [1.807, 2.05) is 0 Å². The molecule has 47 heavy (non-hydrogen) atoms. The van der Waals surface area contributed by atoms with Crippen molar-refractivity contribution in [1.29, 1.82) is 0 Å². The van der Waals surface area contributed by atoms with Crippen molar-refractivity contribution < 1.29 is 0 Å². The molecule has 226 valence electrons. The smallest absolute Gasteiger partial charge is 0.0541 e. The minimum atomic E-state index is 0.697. The summed E-state index contributed by atoms with van der Waals surface area (Å²) in [4.78, 5) is 2.39. The van der Waals surface area contributed by atoms with E-state index in [4.69, 9.17) is 0 Å². The quantitative estimate of drug-likeness (QED) is 0.183. The van der Waals surface area contributed by atoms with E-state index in [0.717, 1.165) is 17.1 Å². The van der Waals surface area contributed by atoms with Crippen LogP contribution in [0.5, 0.6) is 0 Å². The standard InChI is InChI=1S/C45H36N2/c1-2-11-32(10-1)33-20-24-36(25-21-33)46(37-26-22-35(23-27-37)41-17-9-13-34-12-3-4-14-40(34)41)38-28-30-39(31-29-38)47-44-18-7-5-15-42(44)43-16-6-8-19-45(43)47/h3-9,12-32H,1-2,10-11H2. The SMILES string of the molecule is c1ccc2c(-c3ccc(N(c4ccc(C5CCCC5)cc4)c4ccc(-n5c6ccccc6c6ccccc65)cc4)cc3)cccc2c1. The Hall–Kier alpha value is -5.60. The molecule has 0 atom stereocenters. The number of aromatic nitrogens is 1. The minimum absolute atomic E-state index is 0.697. The zero-order chi connectivity index (χ0) is 31.2. The van der Waals surface area contributed by atoms with Gasteiger partial charge in [0, 0.05) is 33.5 Å². The molecule has 1 aliphatic rings. The lowest BCUT2D eigenvalue weighted by molar-refractivity contribution is 0.723. The highest BCUT2D eigenvalue weighted by Crippen LogP contribution is 2.40. The van der Waals surface area contributed by atoms with E-state index in [9.17, 15) is 0 Å². The van der Waals surface area contributed by atoms with Crippen molar-refractivity contribution >= 4 is 49.6 Å². The predicted octanol–water partition coefficient (Wildman–Crippen LogP) is 12.7. The third kappa shape index (κ3) is 4.89. The predicted molar refractivity (Wildman–Crippen MR) is 200 cm³/mol. The molecular weight excluding hydrogens is 569 g/mol. The van der Waals surface area contributed by atoms with Gasteiger partial charge < -0.3 is 9.47 Å². The first-order valence-electron chi connectivity index (χ1n) is 16.9. The van der Waals surface area contributed by atoms with Crippen molar-refractivity contribution in [2.24, 2.45) is 0 Å². The molecule has 0 spiro atoms. The highest BCUT2D eigenvalue weighted by molar-refractivity contribution is 6.09. The van der Waals surface area contributed by atoms with Gasteiger partial charge in [0.25, 0.3) is 0 Å². The van der Waals surface area contributed by atoms with E-state index in [1.54, 1.807) is 0 Å².